The topological polar surface area (TPSA) is 323 Å². The van der Waals surface area contributed by atoms with Crippen molar-refractivity contribution in [2.75, 3.05) is 56.6 Å². The number of anilines is 3. The van der Waals surface area contributed by atoms with Crippen molar-refractivity contribution in [3.05, 3.63) is 137 Å². The fraction of sp³-hybridized carbons (Fsp3) is 0.244. The lowest BCUT2D eigenvalue weighted by Crippen LogP contribution is -2.12. The van der Waals surface area contributed by atoms with Crippen LogP contribution in [0, 0.1) is 27.7 Å². The van der Waals surface area contributed by atoms with Gasteiger partial charge in [0.05, 0.1) is 33.6 Å². The van der Waals surface area contributed by atoms with Crippen molar-refractivity contribution in [2.24, 2.45) is 0 Å². The Morgan fingerprint density at radius 1 is 0.580 bits per heavy atom. The number of carbonyl (C=O) groups excluding carboxylic acids is 1. The number of nitrogens with zero attached hydrogens (tertiary/aromatic N) is 4. The molecule has 0 bridgehead atoms. The molecule has 0 radical (unpaired) electrons. The van der Waals surface area contributed by atoms with E-state index in [-0.39, 0.29) is 45.0 Å². The van der Waals surface area contributed by atoms with E-state index in [9.17, 15) is 35.6 Å². The number of ketones is 1. The van der Waals surface area contributed by atoms with Crippen LogP contribution in [-0.2, 0) is 53.3 Å². The van der Waals surface area contributed by atoms with E-state index < -0.39 is 51.8 Å². The smallest absolute Gasteiger partial charge is 0.358 e. The summed E-state index contributed by atoms with van der Waals surface area (Å²) < 4.78 is 91.5. The molecule has 0 unspecified atom stereocenters. The first-order valence-corrected chi connectivity index (χ1v) is 27.0. The van der Waals surface area contributed by atoms with Gasteiger partial charge in [0.1, 0.15) is 5.69 Å². The summed E-state index contributed by atoms with van der Waals surface area (Å²) in [7, 11) is -10.5. The summed E-state index contributed by atoms with van der Waals surface area (Å²) in [6.07, 6.45) is 2.96. The molecule has 0 saturated heterocycles. The Balaban J connectivity index is 0.000000249. The Hall–Kier alpha value is -6.22. The minimum atomic E-state index is -3.93. The van der Waals surface area contributed by atoms with E-state index in [4.69, 9.17) is 31.4 Å². The van der Waals surface area contributed by atoms with E-state index in [0.29, 0.717) is 22.6 Å². The Kier molecular flexibility index (Phi) is 18.8. The Morgan fingerprint density at radius 2 is 0.957 bits per heavy atom. The molecule has 0 aliphatic heterocycles. The number of sulfone groups is 2. The van der Waals surface area contributed by atoms with Crippen LogP contribution in [0.5, 0.6) is 0 Å². The predicted molar refractivity (Wildman–Crippen MR) is 262 cm³/mol. The molecular formula is C45H53N7O13P2S2. The van der Waals surface area contributed by atoms with Crippen LogP contribution in [0.15, 0.2) is 107 Å². The molecule has 0 spiro atoms. The fourth-order valence-electron chi connectivity index (χ4n) is 6.31. The van der Waals surface area contributed by atoms with Crippen molar-refractivity contribution >= 4 is 63.9 Å². The molecule has 368 valence electrons. The third-order valence-corrected chi connectivity index (χ3v) is 19.5. The molecule has 0 aliphatic carbocycles. The van der Waals surface area contributed by atoms with Crippen LogP contribution in [0.4, 0.5) is 17.3 Å². The van der Waals surface area contributed by atoms with Gasteiger partial charge in [-0.2, -0.15) is 0 Å². The number of benzene rings is 4. The number of rotatable bonds is 16. The van der Waals surface area contributed by atoms with Gasteiger partial charge < -0.3 is 40.4 Å². The average molecular weight is 1030 g/mol. The SMILES string of the molecule is COP(=O)(CS(=O)(=O)c1ccc(CC(=O)c2nc(-c3ccc(C)cc3C)cnc2N)cc1)OC.COP(=O)(CS(=O)(=O)c1ccc(N)cc1)OC.Cc1ccc(-c2cnc(N)c(C(=O)O)n2)c(C)c1. The van der Waals surface area contributed by atoms with Crippen molar-refractivity contribution < 1.29 is 58.8 Å². The fourth-order valence-corrected chi connectivity index (χ4v) is 13.9. The molecule has 2 heterocycles. The number of aromatic nitrogens is 4. The number of hydrogen-bond acceptors (Lipinski definition) is 19. The highest BCUT2D eigenvalue weighted by Crippen LogP contribution is 2.49. The summed E-state index contributed by atoms with van der Waals surface area (Å²) in [5.41, 5.74) is 23.2. The van der Waals surface area contributed by atoms with Crippen LogP contribution in [0.2, 0.25) is 0 Å². The molecule has 24 heteroatoms. The van der Waals surface area contributed by atoms with Crippen LogP contribution in [-0.4, -0.2) is 93.1 Å². The maximum absolute atomic E-state index is 12.9. The van der Waals surface area contributed by atoms with Crippen molar-refractivity contribution in [3.8, 4) is 22.5 Å². The van der Waals surface area contributed by atoms with Crippen LogP contribution < -0.4 is 17.2 Å². The molecule has 4 aromatic carbocycles. The zero-order chi connectivity index (χ0) is 51.5. The molecule has 0 saturated carbocycles. The normalized spacial score (nSPS) is 11.7. The monoisotopic (exact) mass is 1030 g/mol. The summed E-state index contributed by atoms with van der Waals surface area (Å²) in [5.74, 6) is -1.58. The third-order valence-electron chi connectivity index (χ3n) is 10.0. The van der Waals surface area contributed by atoms with Gasteiger partial charge >= 0.3 is 21.2 Å². The lowest BCUT2D eigenvalue weighted by Gasteiger charge is -2.14. The van der Waals surface area contributed by atoms with Gasteiger partial charge in [0.25, 0.3) is 0 Å². The minimum absolute atomic E-state index is 0.0209. The molecule has 7 N–H and O–H groups in total. The van der Waals surface area contributed by atoms with E-state index in [1.165, 1.54) is 60.9 Å². The lowest BCUT2D eigenvalue weighted by atomic mass is 10.0. The number of carboxylic acid groups (broad SMARTS) is 1. The molecular weight excluding hydrogens is 973 g/mol. The molecule has 6 rings (SSSR count). The van der Waals surface area contributed by atoms with Gasteiger partial charge in [0.2, 0.25) is 0 Å². The standard InChI is InChI=1S/C23H26N3O6PS.C13H13N3O2.C9H14NO5PS/c1-15-5-10-19(16(2)11-15)20-13-25-23(24)22(26-20)21(27)12-17-6-8-18(9-7-17)34(29,30)14-33(28,31-3)32-4;1-7-3-4-9(8(2)5-7)10-6-15-12(14)11(16-10)13(17)18;1-14-16(11,15-2)7-17(12,13)9-5-3-8(10)4-6-9/h5-11,13H,12,14H2,1-4H3,(H2,24,25);3-6H,1-2H3,(H2,14,15)(H,17,18);3-6H,7,10H2,1-2H3. The van der Waals surface area contributed by atoms with Gasteiger partial charge in [0, 0.05) is 51.7 Å². The number of nitrogen functional groups attached to an aromatic ring is 3. The lowest BCUT2D eigenvalue weighted by molar-refractivity contribution is 0.0691. The summed E-state index contributed by atoms with van der Waals surface area (Å²) in [4.78, 5) is 40.4. The first kappa shape index (κ1) is 55.4. The molecule has 0 aliphatic rings. The number of aromatic carboxylic acids is 1. The van der Waals surface area contributed by atoms with E-state index in [2.05, 4.69) is 29.0 Å². The average Bonchev–Trinajstić information content (AvgIpc) is 3.30. The first-order valence-electron chi connectivity index (χ1n) is 20.3. The molecule has 0 fully saturated rings. The van der Waals surface area contributed by atoms with Crippen LogP contribution in [0.3, 0.4) is 0 Å². The van der Waals surface area contributed by atoms with E-state index in [0.717, 1.165) is 61.8 Å². The Labute approximate surface area is 400 Å². The second-order valence-corrected chi connectivity index (χ2v) is 24.5. The minimum Gasteiger partial charge on any atom is -0.476 e. The van der Waals surface area contributed by atoms with E-state index >= 15 is 0 Å². The van der Waals surface area contributed by atoms with Gasteiger partial charge in [-0.15, -0.1) is 0 Å². The zero-order valence-electron chi connectivity index (χ0n) is 38.9. The maximum Gasteiger partial charge on any atom is 0.358 e. The largest absolute Gasteiger partial charge is 0.476 e. The van der Waals surface area contributed by atoms with Gasteiger partial charge in [-0.05, 0) is 80.8 Å². The van der Waals surface area contributed by atoms with Crippen molar-refractivity contribution in [3.63, 3.8) is 0 Å². The third kappa shape index (κ3) is 14.9. The summed E-state index contributed by atoms with van der Waals surface area (Å²) in [5, 5.41) is 8.97. The quantitative estimate of drug-likeness (QED) is 0.0414. The van der Waals surface area contributed by atoms with Gasteiger partial charge in [0.15, 0.2) is 53.8 Å². The van der Waals surface area contributed by atoms with Crippen LogP contribution in [0.1, 0.15) is 48.8 Å². The summed E-state index contributed by atoms with van der Waals surface area (Å²) in [6, 6.07) is 23.0. The van der Waals surface area contributed by atoms with Crippen molar-refractivity contribution in [1.82, 2.24) is 19.9 Å². The highest BCUT2D eigenvalue weighted by atomic mass is 32.2. The first-order chi connectivity index (χ1) is 32.3. The summed E-state index contributed by atoms with van der Waals surface area (Å²) in [6.45, 7) is 7.88. The molecule has 0 atom stereocenters. The number of hydrogen-bond donors (Lipinski definition) is 4. The number of carboxylic acids is 1. The highest BCUT2D eigenvalue weighted by Gasteiger charge is 2.32. The number of aryl methyl sites for hydroxylation is 4. The van der Waals surface area contributed by atoms with Gasteiger partial charge in [-0.25, -0.2) is 41.6 Å². The molecule has 20 nitrogen and oxygen atoms in total. The highest BCUT2D eigenvalue weighted by molar-refractivity contribution is 7.98. The number of Topliss-reactive ketones (excluding diaryl/α,β-unsaturated/α-hetero) is 1. The second-order valence-electron chi connectivity index (χ2n) is 15.2. The summed E-state index contributed by atoms with van der Waals surface area (Å²) >= 11 is 0. The van der Waals surface area contributed by atoms with Gasteiger partial charge in [-0.1, -0.05) is 59.7 Å². The van der Waals surface area contributed by atoms with Crippen LogP contribution in [0.25, 0.3) is 22.5 Å². The zero-order valence-corrected chi connectivity index (χ0v) is 42.4. The van der Waals surface area contributed by atoms with Crippen LogP contribution >= 0.6 is 15.2 Å². The van der Waals surface area contributed by atoms with Gasteiger partial charge in [-0.3, -0.25) is 13.9 Å². The Bertz CT molecular complexity index is 3140. The molecule has 69 heavy (non-hydrogen) atoms. The molecule has 0 amide bonds. The van der Waals surface area contributed by atoms with Crippen molar-refractivity contribution in [2.45, 2.75) is 43.9 Å². The Morgan fingerprint density at radius 3 is 1.33 bits per heavy atom. The number of carbonyl (C=O) groups is 2. The van der Waals surface area contributed by atoms with E-state index in [1.54, 1.807) is 0 Å². The van der Waals surface area contributed by atoms with Crippen molar-refractivity contribution in [1.29, 1.82) is 0 Å². The number of nitrogens with two attached hydrogens (primary N) is 3. The predicted octanol–water partition coefficient (Wildman–Crippen LogP) is 7.51. The molecule has 2 aromatic heterocycles. The maximum atomic E-state index is 12.9. The second kappa shape index (κ2) is 23.4. The van der Waals surface area contributed by atoms with E-state index in [1.807, 2.05) is 64.1 Å². The molecule has 6 aromatic rings.